The van der Waals surface area contributed by atoms with Gasteiger partial charge in [0, 0.05) is 36.9 Å². The summed E-state index contributed by atoms with van der Waals surface area (Å²) in [5, 5.41) is 7.91. The first kappa shape index (κ1) is 23.3. The minimum absolute atomic E-state index is 0.125. The quantitative estimate of drug-likeness (QED) is 0.417. The molecule has 182 valence electrons. The van der Waals surface area contributed by atoms with Gasteiger partial charge in [0.05, 0.1) is 20.8 Å². The molecule has 12 heteroatoms. The van der Waals surface area contributed by atoms with Gasteiger partial charge in [0.15, 0.2) is 11.5 Å². The van der Waals surface area contributed by atoms with Crippen LogP contribution >= 0.6 is 11.3 Å². The Bertz CT molecular complexity index is 1500. The highest BCUT2D eigenvalue weighted by Crippen LogP contribution is 2.39. The number of benzene rings is 2. The number of amides is 1. The molecule has 1 amide bonds. The van der Waals surface area contributed by atoms with Crippen molar-refractivity contribution in [2.45, 2.75) is 31.7 Å². The Kier molecular flexibility index (Phi) is 5.74. The number of carbonyl (C=O) groups excluding carboxylic acids is 1. The van der Waals surface area contributed by atoms with Crippen LogP contribution in [0.5, 0.6) is 11.5 Å². The summed E-state index contributed by atoms with van der Waals surface area (Å²) in [4.78, 5) is 17.7. The number of anilines is 1. The highest BCUT2D eigenvalue weighted by atomic mass is 32.2. The average molecular weight is 514 g/mol. The molecule has 2 aromatic heterocycles. The molecule has 0 saturated heterocycles. The number of nitrogens with one attached hydrogen (secondary N) is 1. The molecule has 1 aliphatic rings. The molecule has 35 heavy (non-hydrogen) atoms. The lowest BCUT2D eigenvalue weighted by Gasteiger charge is -2.21. The zero-order valence-corrected chi connectivity index (χ0v) is 21.1. The van der Waals surface area contributed by atoms with Crippen LogP contribution in [0.15, 0.2) is 47.4 Å². The van der Waals surface area contributed by atoms with Gasteiger partial charge in [-0.05, 0) is 45.0 Å². The van der Waals surface area contributed by atoms with E-state index in [0.29, 0.717) is 33.7 Å². The minimum atomic E-state index is -3.63. The van der Waals surface area contributed by atoms with Crippen molar-refractivity contribution < 1.29 is 22.7 Å². The predicted octanol–water partition coefficient (Wildman–Crippen LogP) is 3.80. The Balaban J connectivity index is 1.40. The number of rotatable bonds is 6. The lowest BCUT2D eigenvalue weighted by atomic mass is 10.2. The highest BCUT2D eigenvalue weighted by molar-refractivity contribution is 7.89. The van der Waals surface area contributed by atoms with Gasteiger partial charge in [-0.2, -0.15) is 14.1 Å². The van der Waals surface area contributed by atoms with Crippen LogP contribution in [0.4, 0.5) is 5.82 Å². The SMILES string of the molecule is Cc1cc(NC(=O)c2ccc(S(=O)(=O)N(C)C(C)C)cc2)n(-c2nc3cc4c(cc3s2)OCO4)n1. The van der Waals surface area contributed by atoms with Crippen molar-refractivity contribution >= 4 is 43.3 Å². The van der Waals surface area contributed by atoms with Gasteiger partial charge >= 0.3 is 0 Å². The monoisotopic (exact) mass is 513 g/mol. The fourth-order valence-electron chi connectivity index (χ4n) is 3.54. The summed E-state index contributed by atoms with van der Waals surface area (Å²) in [5.41, 5.74) is 1.76. The molecule has 0 fully saturated rings. The number of carbonyl (C=O) groups is 1. The van der Waals surface area contributed by atoms with Gasteiger partial charge in [-0.25, -0.2) is 13.4 Å². The van der Waals surface area contributed by atoms with Crippen molar-refractivity contribution in [1.29, 1.82) is 0 Å². The number of nitrogens with zero attached hydrogens (tertiary/aromatic N) is 4. The Morgan fingerprint density at radius 2 is 1.83 bits per heavy atom. The zero-order valence-electron chi connectivity index (χ0n) is 19.5. The van der Waals surface area contributed by atoms with Crippen LogP contribution in [0, 0.1) is 6.92 Å². The first-order valence-electron chi connectivity index (χ1n) is 10.8. The predicted molar refractivity (Wildman–Crippen MR) is 132 cm³/mol. The van der Waals surface area contributed by atoms with Gasteiger partial charge in [0.2, 0.25) is 21.9 Å². The third kappa shape index (κ3) is 4.24. The number of fused-ring (bicyclic) bond motifs is 2. The molecule has 1 aliphatic heterocycles. The molecule has 0 atom stereocenters. The number of ether oxygens (including phenoxy) is 2. The molecular weight excluding hydrogens is 490 g/mol. The van der Waals surface area contributed by atoms with Crippen LogP contribution in [0.2, 0.25) is 0 Å². The second-order valence-electron chi connectivity index (χ2n) is 8.35. The van der Waals surface area contributed by atoms with E-state index >= 15 is 0 Å². The van der Waals surface area contributed by atoms with Crippen molar-refractivity contribution in [1.82, 2.24) is 19.1 Å². The smallest absolute Gasteiger partial charge is 0.256 e. The van der Waals surface area contributed by atoms with Gasteiger partial charge in [0.1, 0.15) is 5.82 Å². The molecule has 5 rings (SSSR count). The van der Waals surface area contributed by atoms with Crippen LogP contribution < -0.4 is 14.8 Å². The normalized spacial score (nSPS) is 13.2. The van der Waals surface area contributed by atoms with Crippen molar-refractivity contribution in [2.75, 3.05) is 19.2 Å². The second kappa shape index (κ2) is 8.63. The van der Waals surface area contributed by atoms with Crippen molar-refractivity contribution in [3.05, 3.63) is 53.7 Å². The molecule has 10 nitrogen and oxygen atoms in total. The Morgan fingerprint density at radius 1 is 1.14 bits per heavy atom. The molecule has 0 bridgehead atoms. The van der Waals surface area contributed by atoms with Gasteiger partial charge in [-0.1, -0.05) is 11.3 Å². The standard InChI is InChI=1S/C23H23N5O5S2/c1-13(2)27(4)35(30,31)16-7-5-15(6-8-16)22(29)25-21-9-14(3)26-28(21)23-24-17-10-18-19(33-12-32-18)11-20(17)34-23/h5-11,13H,12H2,1-4H3,(H,25,29). The van der Waals surface area contributed by atoms with E-state index in [2.05, 4.69) is 15.4 Å². The summed E-state index contributed by atoms with van der Waals surface area (Å²) in [6.07, 6.45) is 0. The maximum Gasteiger partial charge on any atom is 0.256 e. The van der Waals surface area contributed by atoms with E-state index < -0.39 is 15.9 Å². The molecule has 4 aromatic rings. The lowest BCUT2D eigenvalue weighted by molar-refractivity contribution is 0.102. The van der Waals surface area contributed by atoms with Gasteiger partial charge in [0.25, 0.3) is 5.91 Å². The third-order valence-electron chi connectivity index (χ3n) is 5.65. The first-order valence-corrected chi connectivity index (χ1v) is 13.1. The number of hydrogen-bond acceptors (Lipinski definition) is 8. The van der Waals surface area contributed by atoms with Gasteiger partial charge < -0.3 is 14.8 Å². The maximum atomic E-state index is 13.0. The van der Waals surface area contributed by atoms with E-state index in [0.717, 1.165) is 10.2 Å². The van der Waals surface area contributed by atoms with E-state index in [1.807, 2.05) is 19.1 Å². The number of thiazole rings is 1. The fourth-order valence-corrected chi connectivity index (χ4v) is 5.85. The van der Waals surface area contributed by atoms with E-state index in [9.17, 15) is 13.2 Å². The van der Waals surface area contributed by atoms with E-state index in [1.165, 1.54) is 47.0 Å². The highest BCUT2D eigenvalue weighted by Gasteiger charge is 2.24. The Labute approximate surface area is 206 Å². The minimum Gasteiger partial charge on any atom is -0.454 e. The number of aryl methyl sites for hydroxylation is 1. The maximum absolute atomic E-state index is 13.0. The van der Waals surface area contributed by atoms with Crippen LogP contribution in [-0.4, -0.2) is 53.3 Å². The van der Waals surface area contributed by atoms with Gasteiger partial charge in [-0.3, -0.25) is 4.79 Å². The largest absolute Gasteiger partial charge is 0.454 e. The van der Waals surface area contributed by atoms with E-state index in [4.69, 9.17) is 9.47 Å². The Morgan fingerprint density at radius 3 is 2.51 bits per heavy atom. The molecule has 0 radical (unpaired) electrons. The summed E-state index contributed by atoms with van der Waals surface area (Å²) >= 11 is 1.41. The van der Waals surface area contributed by atoms with E-state index in [-0.39, 0.29) is 17.7 Å². The summed E-state index contributed by atoms with van der Waals surface area (Å²) in [6, 6.07) is 11.1. The second-order valence-corrected chi connectivity index (χ2v) is 11.4. The molecule has 0 saturated carbocycles. The first-order chi connectivity index (χ1) is 16.6. The van der Waals surface area contributed by atoms with Crippen LogP contribution in [-0.2, 0) is 10.0 Å². The molecule has 0 unspecified atom stereocenters. The summed E-state index contributed by atoms with van der Waals surface area (Å²) < 4.78 is 40.0. The molecule has 3 heterocycles. The topological polar surface area (TPSA) is 116 Å². The fraction of sp³-hybridized carbons (Fsp3) is 0.261. The lowest BCUT2D eigenvalue weighted by Crippen LogP contribution is -2.33. The van der Waals surface area contributed by atoms with Crippen LogP contribution in [0.3, 0.4) is 0 Å². The van der Waals surface area contributed by atoms with Crippen LogP contribution in [0.1, 0.15) is 29.9 Å². The summed E-state index contributed by atoms with van der Waals surface area (Å²) in [6.45, 7) is 5.60. The number of hydrogen-bond donors (Lipinski definition) is 1. The van der Waals surface area contributed by atoms with E-state index in [1.54, 1.807) is 24.6 Å². The third-order valence-corrected chi connectivity index (χ3v) is 8.69. The van der Waals surface area contributed by atoms with Crippen LogP contribution in [0.25, 0.3) is 15.3 Å². The molecular formula is C23H23N5O5S2. The van der Waals surface area contributed by atoms with Gasteiger partial charge in [-0.15, -0.1) is 0 Å². The number of sulfonamides is 1. The molecule has 0 spiro atoms. The average Bonchev–Trinajstić information content (AvgIpc) is 3.54. The van der Waals surface area contributed by atoms with Crippen molar-refractivity contribution in [3.8, 4) is 16.6 Å². The molecule has 2 aromatic carbocycles. The molecule has 0 aliphatic carbocycles. The van der Waals surface area contributed by atoms with Crippen molar-refractivity contribution in [3.63, 3.8) is 0 Å². The summed E-state index contributed by atoms with van der Waals surface area (Å²) in [5.74, 6) is 1.37. The number of aromatic nitrogens is 3. The van der Waals surface area contributed by atoms with Crippen molar-refractivity contribution in [2.24, 2.45) is 0 Å². The zero-order chi connectivity index (χ0) is 24.9. The Hall–Kier alpha value is -3.48. The summed E-state index contributed by atoms with van der Waals surface area (Å²) in [7, 11) is -2.11. The molecule has 1 N–H and O–H groups in total.